The van der Waals surface area contributed by atoms with Crippen molar-refractivity contribution in [2.45, 2.75) is 56.7 Å². The van der Waals surface area contributed by atoms with Gasteiger partial charge in [-0.15, -0.1) is 22.7 Å². The third kappa shape index (κ3) is 5.78. The fourth-order valence-corrected chi connectivity index (χ4v) is 8.58. The van der Waals surface area contributed by atoms with Crippen LogP contribution in [-0.4, -0.2) is 11.6 Å². The lowest BCUT2D eigenvalue weighted by atomic mass is 9.72. The SMILES string of the molecule is CCOc1ccc2nc(S[C@H](Nc3sc4c(c3C#N)CC[C@@H](C(C)(C)C)C4)c3ccc(Cl)cc3)sc2c1. The zero-order valence-electron chi connectivity index (χ0n) is 21.4. The Hall–Kier alpha value is -2.24. The number of halogens is 1. The molecular formula is C29H30ClN3OS3. The van der Waals surface area contributed by atoms with Gasteiger partial charge in [0.2, 0.25) is 0 Å². The molecule has 37 heavy (non-hydrogen) atoms. The molecule has 1 N–H and O–H groups in total. The Balaban J connectivity index is 1.47. The monoisotopic (exact) mass is 567 g/mol. The first-order valence-electron chi connectivity index (χ1n) is 12.5. The van der Waals surface area contributed by atoms with E-state index >= 15 is 0 Å². The summed E-state index contributed by atoms with van der Waals surface area (Å²) < 4.78 is 7.74. The highest BCUT2D eigenvalue weighted by Gasteiger charge is 2.32. The van der Waals surface area contributed by atoms with Gasteiger partial charge >= 0.3 is 0 Å². The van der Waals surface area contributed by atoms with Crippen LogP contribution in [0.1, 0.15) is 61.1 Å². The van der Waals surface area contributed by atoms with Gasteiger partial charge in [-0.1, -0.05) is 56.3 Å². The number of nitrogens with one attached hydrogen (secondary N) is 1. The zero-order chi connectivity index (χ0) is 26.2. The minimum Gasteiger partial charge on any atom is -0.494 e. The second-order valence-corrected chi connectivity index (χ2v) is 14.3. The number of benzene rings is 2. The number of aromatic nitrogens is 1. The largest absolute Gasteiger partial charge is 0.494 e. The van der Waals surface area contributed by atoms with Crippen molar-refractivity contribution in [3.05, 3.63) is 69.1 Å². The standard InChI is InChI=1S/C29H30ClN3OS3/c1-5-34-20-11-13-23-25(15-20)36-28(32-23)37-26(17-6-9-19(30)10-7-17)33-27-22(16-31)21-12-8-18(29(2,3)4)14-24(21)35-27/h6-7,9-11,13,15,18,26,33H,5,8,12,14H2,1-4H3/t18-,26+/m1/s1. The number of thiazole rings is 1. The molecule has 4 aromatic rings. The molecule has 0 saturated heterocycles. The summed E-state index contributed by atoms with van der Waals surface area (Å²) in [5.74, 6) is 1.49. The second kappa shape index (κ2) is 10.9. The number of thiophene rings is 1. The van der Waals surface area contributed by atoms with Crippen molar-refractivity contribution in [2.75, 3.05) is 11.9 Å². The van der Waals surface area contributed by atoms with Crippen LogP contribution >= 0.6 is 46.0 Å². The normalized spacial score (nSPS) is 16.3. The number of hydrogen-bond donors (Lipinski definition) is 1. The van der Waals surface area contributed by atoms with Gasteiger partial charge in [0.1, 0.15) is 22.2 Å². The molecule has 0 unspecified atom stereocenters. The van der Waals surface area contributed by atoms with E-state index in [1.54, 1.807) is 34.4 Å². The number of hydrogen-bond acceptors (Lipinski definition) is 7. The van der Waals surface area contributed by atoms with Crippen molar-refractivity contribution in [3.63, 3.8) is 0 Å². The highest BCUT2D eigenvalue weighted by molar-refractivity contribution is 8.01. The predicted octanol–water partition coefficient (Wildman–Crippen LogP) is 9.34. The van der Waals surface area contributed by atoms with Gasteiger partial charge in [0.15, 0.2) is 4.34 Å². The quantitative estimate of drug-likeness (QED) is 0.178. The number of ether oxygens (including phenoxy) is 1. The van der Waals surface area contributed by atoms with Gasteiger partial charge in [0.25, 0.3) is 0 Å². The van der Waals surface area contributed by atoms with Crippen LogP contribution in [-0.2, 0) is 12.8 Å². The molecule has 2 heterocycles. The van der Waals surface area contributed by atoms with Gasteiger partial charge < -0.3 is 10.1 Å². The molecule has 2 aromatic heterocycles. The van der Waals surface area contributed by atoms with Crippen molar-refractivity contribution in [2.24, 2.45) is 11.3 Å². The van der Waals surface area contributed by atoms with Crippen molar-refractivity contribution < 1.29 is 4.74 Å². The minimum absolute atomic E-state index is 0.116. The number of nitriles is 1. The maximum Gasteiger partial charge on any atom is 0.153 e. The number of anilines is 1. The molecule has 8 heteroatoms. The first-order chi connectivity index (χ1) is 17.7. The summed E-state index contributed by atoms with van der Waals surface area (Å²) in [7, 11) is 0. The van der Waals surface area contributed by atoms with Gasteiger partial charge in [-0.25, -0.2) is 4.98 Å². The van der Waals surface area contributed by atoms with Gasteiger partial charge in [0, 0.05) is 9.90 Å². The van der Waals surface area contributed by atoms with Crippen LogP contribution in [0.2, 0.25) is 5.02 Å². The van der Waals surface area contributed by atoms with E-state index in [4.69, 9.17) is 21.3 Å². The number of fused-ring (bicyclic) bond motifs is 2. The maximum atomic E-state index is 10.1. The summed E-state index contributed by atoms with van der Waals surface area (Å²) in [6, 6.07) is 16.5. The van der Waals surface area contributed by atoms with E-state index < -0.39 is 0 Å². The van der Waals surface area contributed by atoms with Crippen molar-refractivity contribution in [1.29, 1.82) is 5.26 Å². The minimum atomic E-state index is -0.116. The van der Waals surface area contributed by atoms with Crippen molar-refractivity contribution in [1.82, 2.24) is 4.98 Å². The van der Waals surface area contributed by atoms with Gasteiger partial charge in [0.05, 0.1) is 22.4 Å². The van der Waals surface area contributed by atoms with E-state index in [2.05, 4.69) is 38.2 Å². The van der Waals surface area contributed by atoms with Crippen LogP contribution in [0.4, 0.5) is 5.00 Å². The van der Waals surface area contributed by atoms with Crippen LogP contribution in [0.15, 0.2) is 46.8 Å². The summed E-state index contributed by atoms with van der Waals surface area (Å²) in [4.78, 5) is 6.24. The third-order valence-electron chi connectivity index (χ3n) is 6.91. The first-order valence-corrected chi connectivity index (χ1v) is 15.4. The predicted molar refractivity (Wildman–Crippen MR) is 158 cm³/mol. The molecule has 0 spiro atoms. The van der Waals surface area contributed by atoms with Crippen molar-refractivity contribution >= 4 is 61.3 Å². The van der Waals surface area contributed by atoms with E-state index in [0.717, 1.165) is 55.7 Å². The fraction of sp³-hybridized carbons (Fsp3) is 0.379. The van der Waals surface area contributed by atoms with Crippen molar-refractivity contribution in [3.8, 4) is 11.8 Å². The number of rotatable bonds is 7. The summed E-state index contributed by atoms with van der Waals surface area (Å²) >= 11 is 11.3. The Labute approximate surface area is 236 Å². The molecule has 0 fully saturated rings. The molecule has 0 bridgehead atoms. The Morgan fingerprint density at radius 3 is 2.70 bits per heavy atom. The zero-order valence-corrected chi connectivity index (χ0v) is 24.6. The highest BCUT2D eigenvalue weighted by Crippen LogP contribution is 2.47. The van der Waals surface area contributed by atoms with E-state index in [1.165, 1.54) is 10.4 Å². The van der Waals surface area contributed by atoms with Crippen LogP contribution in [0, 0.1) is 22.7 Å². The van der Waals surface area contributed by atoms with E-state index in [-0.39, 0.29) is 10.8 Å². The smallest absolute Gasteiger partial charge is 0.153 e. The lowest BCUT2D eigenvalue weighted by molar-refractivity contribution is 0.218. The Morgan fingerprint density at radius 1 is 1.22 bits per heavy atom. The summed E-state index contributed by atoms with van der Waals surface area (Å²) in [6.07, 6.45) is 3.14. The van der Waals surface area contributed by atoms with Gasteiger partial charge in [-0.2, -0.15) is 5.26 Å². The molecule has 0 radical (unpaired) electrons. The maximum absolute atomic E-state index is 10.1. The fourth-order valence-electron chi connectivity index (χ4n) is 4.77. The molecule has 1 aliphatic rings. The van der Waals surface area contributed by atoms with Gasteiger partial charge in [-0.05, 0) is 79.0 Å². The molecule has 2 atom stereocenters. The lowest BCUT2D eigenvalue weighted by Crippen LogP contribution is -2.26. The number of thioether (sulfide) groups is 1. The van der Waals surface area contributed by atoms with Gasteiger partial charge in [-0.3, -0.25) is 0 Å². The van der Waals surface area contributed by atoms with Crippen LogP contribution in [0.25, 0.3) is 10.2 Å². The highest BCUT2D eigenvalue weighted by atomic mass is 35.5. The molecule has 5 rings (SSSR count). The van der Waals surface area contributed by atoms with Crippen LogP contribution in [0.3, 0.4) is 0 Å². The van der Waals surface area contributed by atoms with Crippen LogP contribution in [0.5, 0.6) is 5.75 Å². The Bertz CT molecular complexity index is 1450. The summed E-state index contributed by atoms with van der Waals surface area (Å²) in [5, 5.41) is 15.4. The average Bonchev–Trinajstić information content (AvgIpc) is 3.42. The van der Waals surface area contributed by atoms with E-state index in [9.17, 15) is 5.26 Å². The molecule has 4 nitrogen and oxygen atoms in total. The van der Waals surface area contributed by atoms with Crippen LogP contribution < -0.4 is 10.1 Å². The Kier molecular flexibility index (Phi) is 7.74. The molecule has 2 aromatic carbocycles. The average molecular weight is 568 g/mol. The summed E-state index contributed by atoms with van der Waals surface area (Å²) in [6.45, 7) is 9.59. The number of nitrogens with zero attached hydrogens (tertiary/aromatic N) is 2. The van der Waals surface area contributed by atoms with E-state index in [1.807, 2.05) is 43.3 Å². The summed E-state index contributed by atoms with van der Waals surface area (Å²) in [5.41, 5.74) is 4.35. The third-order valence-corrected chi connectivity index (χ3v) is 10.6. The second-order valence-electron chi connectivity index (χ2n) is 10.4. The molecule has 1 aliphatic carbocycles. The molecule has 0 amide bonds. The van der Waals surface area contributed by atoms with E-state index in [0.29, 0.717) is 17.5 Å². The first kappa shape index (κ1) is 26.4. The molecule has 0 aliphatic heterocycles. The Morgan fingerprint density at radius 2 is 2.00 bits per heavy atom. The molecule has 192 valence electrons. The lowest BCUT2D eigenvalue weighted by Gasteiger charge is -2.33. The molecular weight excluding hydrogens is 538 g/mol. The molecule has 0 saturated carbocycles. The topological polar surface area (TPSA) is 57.9 Å².